The van der Waals surface area contributed by atoms with Crippen LogP contribution in [-0.4, -0.2) is 12.6 Å². The quantitative estimate of drug-likeness (QED) is 0.667. The largest absolute Gasteiger partial charge is 0.314 e. The van der Waals surface area contributed by atoms with Gasteiger partial charge in [-0.1, -0.05) is 27.7 Å². The van der Waals surface area contributed by atoms with Crippen LogP contribution in [0.4, 0.5) is 0 Å². The first kappa shape index (κ1) is 11.0. The van der Waals surface area contributed by atoms with Gasteiger partial charge in [0.15, 0.2) is 0 Å². The van der Waals surface area contributed by atoms with Gasteiger partial charge in [0.25, 0.3) is 0 Å². The molecule has 0 heterocycles. The summed E-state index contributed by atoms with van der Waals surface area (Å²) in [6.45, 7) is 10.6. The summed E-state index contributed by atoms with van der Waals surface area (Å²) in [5.74, 6) is 0.830. The molecular formula is C12H25N. The van der Waals surface area contributed by atoms with Gasteiger partial charge in [0.2, 0.25) is 0 Å². The van der Waals surface area contributed by atoms with Crippen LogP contribution in [0.25, 0.3) is 0 Å². The molecular weight excluding hydrogens is 158 g/mol. The first-order chi connectivity index (χ1) is 5.99. The van der Waals surface area contributed by atoms with E-state index in [0.29, 0.717) is 5.41 Å². The fourth-order valence-electron chi connectivity index (χ4n) is 2.11. The van der Waals surface area contributed by atoms with Gasteiger partial charge in [-0.05, 0) is 43.6 Å². The zero-order valence-electron chi connectivity index (χ0n) is 9.69. The monoisotopic (exact) mass is 183 g/mol. The van der Waals surface area contributed by atoms with Crippen molar-refractivity contribution in [1.29, 1.82) is 0 Å². The van der Waals surface area contributed by atoms with Crippen molar-refractivity contribution in [2.45, 2.75) is 59.4 Å². The molecule has 1 rings (SSSR count). The molecule has 1 aliphatic carbocycles. The van der Waals surface area contributed by atoms with Crippen LogP contribution in [0, 0.1) is 11.3 Å². The standard InChI is InChI=1S/C12H25N/c1-10(2)9-12(3,4)7-8-13-11-5-6-11/h10-11,13H,5-9H2,1-4H3. The smallest absolute Gasteiger partial charge is 0.00682 e. The summed E-state index contributed by atoms with van der Waals surface area (Å²) in [6, 6.07) is 0.870. The van der Waals surface area contributed by atoms with Gasteiger partial charge >= 0.3 is 0 Å². The molecule has 0 radical (unpaired) electrons. The second kappa shape index (κ2) is 4.45. The Bertz CT molecular complexity index is 145. The van der Waals surface area contributed by atoms with Crippen LogP contribution in [0.15, 0.2) is 0 Å². The van der Waals surface area contributed by atoms with E-state index in [1.165, 1.54) is 32.2 Å². The molecule has 0 aromatic carbocycles. The molecule has 0 unspecified atom stereocenters. The lowest BCUT2D eigenvalue weighted by molar-refractivity contribution is 0.262. The van der Waals surface area contributed by atoms with Gasteiger partial charge in [-0.15, -0.1) is 0 Å². The van der Waals surface area contributed by atoms with Crippen LogP contribution in [0.5, 0.6) is 0 Å². The summed E-state index contributed by atoms with van der Waals surface area (Å²) in [6.07, 6.45) is 5.48. The fourth-order valence-corrected chi connectivity index (χ4v) is 2.11. The Kier molecular flexibility index (Phi) is 3.78. The minimum Gasteiger partial charge on any atom is -0.314 e. The Morgan fingerprint density at radius 3 is 2.38 bits per heavy atom. The van der Waals surface area contributed by atoms with Crippen LogP contribution < -0.4 is 5.32 Å². The van der Waals surface area contributed by atoms with E-state index in [2.05, 4.69) is 33.0 Å². The third-order valence-electron chi connectivity index (χ3n) is 2.77. The normalized spacial score (nSPS) is 18.2. The first-order valence-electron chi connectivity index (χ1n) is 5.73. The molecule has 0 amide bonds. The van der Waals surface area contributed by atoms with Crippen LogP contribution in [0.1, 0.15) is 53.4 Å². The van der Waals surface area contributed by atoms with E-state index in [-0.39, 0.29) is 0 Å². The van der Waals surface area contributed by atoms with Crippen molar-refractivity contribution >= 4 is 0 Å². The molecule has 0 spiro atoms. The lowest BCUT2D eigenvalue weighted by atomic mass is 9.81. The van der Waals surface area contributed by atoms with Crippen molar-refractivity contribution in [1.82, 2.24) is 5.32 Å². The van der Waals surface area contributed by atoms with Crippen LogP contribution >= 0.6 is 0 Å². The minimum atomic E-state index is 0.524. The maximum Gasteiger partial charge on any atom is 0.00682 e. The third kappa shape index (κ3) is 5.30. The van der Waals surface area contributed by atoms with E-state index in [1.54, 1.807) is 0 Å². The molecule has 0 atom stereocenters. The van der Waals surface area contributed by atoms with E-state index in [9.17, 15) is 0 Å². The highest BCUT2D eigenvalue weighted by atomic mass is 14.9. The molecule has 0 aromatic rings. The molecule has 1 saturated carbocycles. The van der Waals surface area contributed by atoms with E-state index in [1.807, 2.05) is 0 Å². The van der Waals surface area contributed by atoms with E-state index >= 15 is 0 Å². The van der Waals surface area contributed by atoms with Gasteiger partial charge in [-0.3, -0.25) is 0 Å². The average Bonchev–Trinajstić information content (AvgIpc) is 2.67. The van der Waals surface area contributed by atoms with Gasteiger partial charge in [0.05, 0.1) is 0 Å². The SMILES string of the molecule is CC(C)CC(C)(C)CCNC1CC1. The Morgan fingerprint density at radius 1 is 1.31 bits per heavy atom. The Balaban J connectivity index is 2.08. The van der Waals surface area contributed by atoms with Crippen LogP contribution in [-0.2, 0) is 0 Å². The Hall–Kier alpha value is -0.0400. The summed E-state index contributed by atoms with van der Waals surface area (Å²) in [4.78, 5) is 0. The molecule has 13 heavy (non-hydrogen) atoms. The highest BCUT2D eigenvalue weighted by Crippen LogP contribution is 2.29. The first-order valence-corrected chi connectivity index (χ1v) is 5.73. The van der Waals surface area contributed by atoms with Gasteiger partial charge in [0.1, 0.15) is 0 Å². The van der Waals surface area contributed by atoms with E-state index < -0.39 is 0 Å². The predicted octanol–water partition coefficient (Wildman–Crippen LogP) is 3.20. The molecule has 1 aliphatic rings. The lowest BCUT2D eigenvalue weighted by Gasteiger charge is -2.26. The average molecular weight is 183 g/mol. The second-order valence-corrected chi connectivity index (χ2v) is 5.74. The van der Waals surface area contributed by atoms with Gasteiger partial charge in [-0.2, -0.15) is 0 Å². The zero-order chi connectivity index (χ0) is 9.90. The number of nitrogens with one attached hydrogen (secondary N) is 1. The number of hydrogen-bond acceptors (Lipinski definition) is 1. The molecule has 1 nitrogen and oxygen atoms in total. The van der Waals surface area contributed by atoms with Crippen molar-refractivity contribution in [2.75, 3.05) is 6.54 Å². The summed E-state index contributed by atoms with van der Waals surface area (Å²) >= 11 is 0. The maximum atomic E-state index is 3.59. The summed E-state index contributed by atoms with van der Waals surface area (Å²) in [5, 5.41) is 3.59. The number of rotatable bonds is 6. The molecule has 1 N–H and O–H groups in total. The molecule has 0 aromatic heterocycles. The highest BCUT2D eigenvalue weighted by Gasteiger charge is 2.23. The van der Waals surface area contributed by atoms with Crippen molar-refractivity contribution in [3.8, 4) is 0 Å². The zero-order valence-corrected chi connectivity index (χ0v) is 9.69. The summed E-state index contributed by atoms with van der Waals surface area (Å²) in [7, 11) is 0. The van der Waals surface area contributed by atoms with Gasteiger partial charge in [0, 0.05) is 6.04 Å². The molecule has 0 bridgehead atoms. The minimum absolute atomic E-state index is 0.524. The van der Waals surface area contributed by atoms with E-state index in [0.717, 1.165) is 12.0 Å². The van der Waals surface area contributed by atoms with Crippen LogP contribution in [0.3, 0.4) is 0 Å². The van der Waals surface area contributed by atoms with E-state index in [4.69, 9.17) is 0 Å². The topological polar surface area (TPSA) is 12.0 Å². The van der Waals surface area contributed by atoms with Crippen molar-refractivity contribution < 1.29 is 0 Å². The fraction of sp³-hybridized carbons (Fsp3) is 1.00. The Morgan fingerprint density at radius 2 is 1.92 bits per heavy atom. The molecule has 78 valence electrons. The number of hydrogen-bond donors (Lipinski definition) is 1. The molecule has 0 saturated heterocycles. The molecule has 0 aliphatic heterocycles. The maximum absolute atomic E-state index is 3.59. The third-order valence-corrected chi connectivity index (χ3v) is 2.77. The van der Waals surface area contributed by atoms with Crippen molar-refractivity contribution in [3.63, 3.8) is 0 Å². The van der Waals surface area contributed by atoms with Crippen molar-refractivity contribution in [2.24, 2.45) is 11.3 Å². The second-order valence-electron chi connectivity index (χ2n) is 5.74. The van der Waals surface area contributed by atoms with Gasteiger partial charge < -0.3 is 5.32 Å². The summed E-state index contributed by atoms with van der Waals surface area (Å²) < 4.78 is 0. The molecule has 1 heteroatoms. The lowest BCUT2D eigenvalue weighted by Crippen LogP contribution is -2.24. The predicted molar refractivity (Wildman–Crippen MR) is 58.9 cm³/mol. The molecule has 1 fully saturated rings. The summed E-state index contributed by atoms with van der Waals surface area (Å²) in [5.41, 5.74) is 0.524. The van der Waals surface area contributed by atoms with Gasteiger partial charge in [-0.25, -0.2) is 0 Å². The highest BCUT2D eigenvalue weighted by molar-refractivity contribution is 4.82. The van der Waals surface area contributed by atoms with Crippen LogP contribution in [0.2, 0.25) is 0 Å². The Labute approximate surface area is 83.3 Å². The van der Waals surface area contributed by atoms with Crippen molar-refractivity contribution in [3.05, 3.63) is 0 Å².